The van der Waals surface area contributed by atoms with Gasteiger partial charge in [0, 0.05) is 17.6 Å². The van der Waals surface area contributed by atoms with Crippen molar-refractivity contribution in [2.24, 2.45) is 11.8 Å². The maximum atomic E-state index is 3.74. The quantitative estimate of drug-likeness (QED) is 0.646. The highest BCUT2D eigenvalue weighted by Crippen LogP contribution is 2.30. The minimum absolute atomic E-state index is 0.123. The SMILES string of the molecule is CC1C=C(CCNC(C)(C)C)C=CC1CC(C)(C)NCc1ccccc1. The Balaban J connectivity index is 1.82. The first-order valence-electron chi connectivity index (χ1n) is 10.1. The second kappa shape index (κ2) is 9.01. The summed E-state index contributed by atoms with van der Waals surface area (Å²) < 4.78 is 0. The van der Waals surface area contributed by atoms with Crippen LogP contribution in [0.25, 0.3) is 0 Å². The molecule has 144 valence electrons. The molecule has 0 saturated heterocycles. The van der Waals surface area contributed by atoms with Crippen molar-refractivity contribution in [3.8, 4) is 0 Å². The Morgan fingerprint density at radius 3 is 2.27 bits per heavy atom. The first kappa shape index (κ1) is 20.9. The Morgan fingerprint density at radius 1 is 0.962 bits per heavy atom. The van der Waals surface area contributed by atoms with Gasteiger partial charge in [0.2, 0.25) is 0 Å². The molecule has 1 aromatic carbocycles. The third-order valence-electron chi connectivity index (χ3n) is 5.14. The van der Waals surface area contributed by atoms with Gasteiger partial charge in [-0.1, -0.05) is 61.1 Å². The van der Waals surface area contributed by atoms with Crippen molar-refractivity contribution in [1.29, 1.82) is 0 Å². The van der Waals surface area contributed by atoms with Crippen LogP contribution in [0.2, 0.25) is 0 Å². The number of benzene rings is 1. The molecule has 0 aliphatic heterocycles. The van der Waals surface area contributed by atoms with Gasteiger partial charge in [-0.25, -0.2) is 0 Å². The van der Waals surface area contributed by atoms with Crippen molar-refractivity contribution in [2.75, 3.05) is 6.54 Å². The maximum absolute atomic E-state index is 3.74. The van der Waals surface area contributed by atoms with Crippen molar-refractivity contribution >= 4 is 0 Å². The van der Waals surface area contributed by atoms with Gasteiger partial charge in [-0.3, -0.25) is 0 Å². The molecular weight excluding hydrogens is 316 g/mol. The highest BCUT2D eigenvalue weighted by Gasteiger charge is 2.26. The molecule has 2 atom stereocenters. The smallest absolute Gasteiger partial charge is 0.0210 e. The van der Waals surface area contributed by atoms with Crippen LogP contribution in [0.4, 0.5) is 0 Å². The Morgan fingerprint density at radius 2 is 1.65 bits per heavy atom. The molecule has 1 aliphatic carbocycles. The molecule has 0 aromatic heterocycles. The lowest BCUT2D eigenvalue weighted by atomic mass is 9.79. The van der Waals surface area contributed by atoms with E-state index in [1.165, 1.54) is 11.1 Å². The number of allylic oxidation sites excluding steroid dienone is 3. The second-order valence-electron chi connectivity index (χ2n) is 9.48. The normalized spacial score (nSPS) is 20.9. The lowest BCUT2D eigenvalue weighted by Gasteiger charge is -2.33. The summed E-state index contributed by atoms with van der Waals surface area (Å²) >= 11 is 0. The van der Waals surface area contributed by atoms with Crippen molar-refractivity contribution in [3.63, 3.8) is 0 Å². The van der Waals surface area contributed by atoms with E-state index in [1.807, 2.05) is 0 Å². The minimum atomic E-state index is 0.123. The van der Waals surface area contributed by atoms with E-state index in [2.05, 4.69) is 101 Å². The predicted octanol–water partition coefficient (Wildman–Crippen LogP) is 5.47. The lowest BCUT2D eigenvalue weighted by Crippen LogP contribution is -2.41. The van der Waals surface area contributed by atoms with E-state index in [1.54, 1.807) is 0 Å². The van der Waals surface area contributed by atoms with E-state index in [0.717, 1.165) is 25.9 Å². The molecule has 1 aromatic rings. The molecule has 2 N–H and O–H groups in total. The largest absolute Gasteiger partial charge is 0.312 e. The van der Waals surface area contributed by atoms with Gasteiger partial charge in [0.25, 0.3) is 0 Å². The van der Waals surface area contributed by atoms with E-state index in [4.69, 9.17) is 0 Å². The van der Waals surface area contributed by atoms with Crippen LogP contribution in [0.15, 0.2) is 54.1 Å². The first-order valence-corrected chi connectivity index (χ1v) is 10.1. The molecule has 2 nitrogen and oxygen atoms in total. The molecule has 0 heterocycles. The Labute approximate surface area is 161 Å². The van der Waals surface area contributed by atoms with E-state index in [9.17, 15) is 0 Å². The average Bonchev–Trinajstić information content (AvgIpc) is 2.55. The summed E-state index contributed by atoms with van der Waals surface area (Å²) in [4.78, 5) is 0. The molecule has 26 heavy (non-hydrogen) atoms. The van der Waals surface area contributed by atoms with Crippen molar-refractivity contribution in [2.45, 2.75) is 72.0 Å². The zero-order chi connectivity index (χ0) is 19.2. The highest BCUT2D eigenvalue weighted by atomic mass is 15.0. The summed E-state index contributed by atoms with van der Waals surface area (Å²) in [7, 11) is 0. The summed E-state index contributed by atoms with van der Waals surface area (Å²) in [5.41, 5.74) is 3.14. The van der Waals surface area contributed by atoms with Crippen molar-refractivity contribution in [1.82, 2.24) is 10.6 Å². The molecule has 0 radical (unpaired) electrons. The fourth-order valence-electron chi connectivity index (χ4n) is 3.54. The number of nitrogens with one attached hydrogen (secondary N) is 2. The van der Waals surface area contributed by atoms with Gasteiger partial charge in [-0.05, 0) is 71.4 Å². The summed E-state index contributed by atoms with van der Waals surface area (Å²) in [6, 6.07) is 10.7. The monoisotopic (exact) mass is 354 g/mol. The van der Waals surface area contributed by atoms with Gasteiger partial charge in [0.05, 0.1) is 0 Å². The van der Waals surface area contributed by atoms with Crippen LogP contribution in [-0.2, 0) is 6.54 Å². The standard InChI is InChI=1S/C24H38N2/c1-19-16-20(14-15-25-23(2,3)4)12-13-22(19)17-24(5,6)26-18-21-10-8-7-9-11-21/h7-13,16,19,22,25-26H,14-15,17-18H2,1-6H3. The zero-order valence-corrected chi connectivity index (χ0v) is 17.6. The topological polar surface area (TPSA) is 24.1 Å². The highest BCUT2D eigenvalue weighted by molar-refractivity contribution is 5.26. The van der Waals surface area contributed by atoms with E-state index in [-0.39, 0.29) is 11.1 Å². The maximum Gasteiger partial charge on any atom is 0.0210 e. The van der Waals surface area contributed by atoms with Crippen LogP contribution in [-0.4, -0.2) is 17.6 Å². The number of hydrogen-bond acceptors (Lipinski definition) is 2. The Bertz CT molecular complexity index is 605. The summed E-state index contributed by atoms with van der Waals surface area (Å²) in [5.74, 6) is 1.20. The first-order chi connectivity index (χ1) is 12.1. The molecule has 2 heteroatoms. The number of rotatable bonds is 8. The fraction of sp³-hybridized carbons (Fsp3) is 0.583. The zero-order valence-electron chi connectivity index (χ0n) is 17.6. The minimum Gasteiger partial charge on any atom is -0.312 e. The average molecular weight is 355 g/mol. The molecule has 0 bridgehead atoms. The van der Waals surface area contributed by atoms with Gasteiger partial charge >= 0.3 is 0 Å². The molecule has 0 fully saturated rings. The molecule has 2 rings (SSSR count). The van der Waals surface area contributed by atoms with Gasteiger partial charge in [-0.2, -0.15) is 0 Å². The molecule has 0 spiro atoms. The predicted molar refractivity (Wildman–Crippen MR) is 114 cm³/mol. The van der Waals surface area contributed by atoms with E-state index >= 15 is 0 Å². The lowest BCUT2D eigenvalue weighted by molar-refractivity contribution is 0.293. The molecular formula is C24H38N2. The Hall–Kier alpha value is -1.38. The summed E-state index contributed by atoms with van der Waals surface area (Å²) in [6.45, 7) is 15.6. The van der Waals surface area contributed by atoms with E-state index < -0.39 is 0 Å². The fourth-order valence-corrected chi connectivity index (χ4v) is 3.54. The van der Waals surface area contributed by atoms with Crippen LogP contribution < -0.4 is 10.6 Å². The third kappa shape index (κ3) is 7.47. The van der Waals surface area contributed by atoms with Crippen LogP contribution in [0.3, 0.4) is 0 Å². The van der Waals surface area contributed by atoms with Crippen LogP contribution in [0, 0.1) is 11.8 Å². The molecule has 1 aliphatic rings. The number of hydrogen-bond donors (Lipinski definition) is 2. The van der Waals surface area contributed by atoms with Gasteiger partial charge in [-0.15, -0.1) is 0 Å². The van der Waals surface area contributed by atoms with Crippen molar-refractivity contribution in [3.05, 3.63) is 59.7 Å². The molecule has 0 amide bonds. The summed E-state index contributed by atoms with van der Waals surface area (Å²) in [5, 5.41) is 7.32. The Kier molecular flexibility index (Phi) is 7.25. The summed E-state index contributed by atoms with van der Waals surface area (Å²) in [6.07, 6.45) is 9.52. The van der Waals surface area contributed by atoms with Crippen LogP contribution >= 0.6 is 0 Å². The van der Waals surface area contributed by atoms with Crippen LogP contribution in [0.5, 0.6) is 0 Å². The second-order valence-corrected chi connectivity index (χ2v) is 9.48. The van der Waals surface area contributed by atoms with Gasteiger partial charge in [0.1, 0.15) is 0 Å². The van der Waals surface area contributed by atoms with Gasteiger partial charge < -0.3 is 10.6 Å². The van der Waals surface area contributed by atoms with Crippen LogP contribution in [0.1, 0.15) is 59.9 Å². The van der Waals surface area contributed by atoms with Crippen molar-refractivity contribution < 1.29 is 0 Å². The molecule has 0 saturated carbocycles. The van der Waals surface area contributed by atoms with Gasteiger partial charge in [0.15, 0.2) is 0 Å². The van der Waals surface area contributed by atoms with E-state index in [0.29, 0.717) is 11.8 Å². The third-order valence-corrected chi connectivity index (χ3v) is 5.14. The molecule has 2 unspecified atom stereocenters.